The Morgan fingerprint density at radius 2 is 1.89 bits per heavy atom. The molecule has 0 spiro atoms. The monoisotopic (exact) mass is 260 g/mol. The second-order valence-electron chi connectivity index (χ2n) is 5.49. The quantitative estimate of drug-likeness (QED) is 0.855. The average Bonchev–Trinajstić information content (AvgIpc) is 2.46. The van der Waals surface area contributed by atoms with Crippen LogP contribution in [0.5, 0.6) is 0 Å². The topological polar surface area (TPSA) is 55.1 Å². The molecule has 1 aliphatic rings. The Bertz CT molecular complexity index is 396. The van der Waals surface area contributed by atoms with Gasteiger partial charge in [0.15, 0.2) is 0 Å². The molecule has 1 saturated carbocycles. The van der Waals surface area contributed by atoms with Crippen molar-refractivity contribution in [3.8, 4) is 0 Å². The number of hydrogen-bond donors (Lipinski definition) is 2. The van der Waals surface area contributed by atoms with Crippen molar-refractivity contribution >= 4 is 5.91 Å². The number of amides is 1. The fourth-order valence-corrected chi connectivity index (χ4v) is 2.96. The molecule has 3 heteroatoms. The first-order valence-corrected chi connectivity index (χ1v) is 7.31. The molecule has 1 aromatic rings. The highest BCUT2D eigenvalue weighted by atomic mass is 16.1. The minimum absolute atomic E-state index is 0.0925. The van der Waals surface area contributed by atoms with E-state index in [1.54, 1.807) is 0 Å². The molecule has 104 valence electrons. The van der Waals surface area contributed by atoms with Gasteiger partial charge in [-0.1, -0.05) is 37.3 Å². The molecule has 0 aromatic heterocycles. The zero-order valence-corrected chi connectivity index (χ0v) is 11.6. The lowest BCUT2D eigenvalue weighted by atomic mass is 9.85. The van der Waals surface area contributed by atoms with E-state index in [4.69, 9.17) is 5.73 Å². The third kappa shape index (κ3) is 3.80. The Labute approximate surface area is 115 Å². The van der Waals surface area contributed by atoms with Gasteiger partial charge >= 0.3 is 0 Å². The Hall–Kier alpha value is -1.35. The Morgan fingerprint density at radius 3 is 2.42 bits per heavy atom. The van der Waals surface area contributed by atoms with Crippen LogP contribution >= 0.6 is 0 Å². The second kappa shape index (κ2) is 6.71. The van der Waals surface area contributed by atoms with Crippen molar-refractivity contribution in [3.05, 3.63) is 35.9 Å². The third-order valence-corrected chi connectivity index (χ3v) is 4.18. The molecular weight excluding hydrogens is 236 g/mol. The summed E-state index contributed by atoms with van der Waals surface area (Å²) in [6.07, 6.45) is 5.05. The largest absolute Gasteiger partial charge is 0.369 e. The van der Waals surface area contributed by atoms with Gasteiger partial charge in [0.2, 0.25) is 5.91 Å². The first-order valence-electron chi connectivity index (χ1n) is 7.31. The van der Waals surface area contributed by atoms with E-state index in [0.29, 0.717) is 12.1 Å². The highest BCUT2D eigenvalue weighted by molar-refractivity contribution is 5.76. The van der Waals surface area contributed by atoms with Crippen LogP contribution in [-0.2, 0) is 4.79 Å². The van der Waals surface area contributed by atoms with Gasteiger partial charge in [-0.2, -0.15) is 0 Å². The molecule has 1 fully saturated rings. The van der Waals surface area contributed by atoms with Gasteiger partial charge < -0.3 is 11.1 Å². The molecule has 19 heavy (non-hydrogen) atoms. The van der Waals surface area contributed by atoms with Crippen molar-refractivity contribution in [2.75, 3.05) is 0 Å². The first kappa shape index (κ1) is 14.1. The molecule has 0 bridgehead atoms. The van der Waals surface area contributed by atoms with Crippen LogP contribution < -0.4 is 11.1 Å². The van der Waals surface area contributed by atoms with Gasteiger partial charge in [-0.05, 0) is 37.7 Å². The highest BCUT2D eigenvalue weighted by Crippen LogP contribution is 2.26. The number of rotatable bonds is 5. The predicted octanol–water partition coefficient (Wildman–Crippen LogP) is 2.77. The summed E-state index contributed by atoms with van der Waals surface area (Å²) in [5, 5.41) is 3.73. The molecule has 0 aliphatic heterocycles. The maximum atomic E-state index is 11.2. The van der Waals surface area contributed by atoms with Crippen LogP contribution in [0.25, 0.3) is 0 Å². The number of carbonyl (C=O) groups excluding carboxylic acids is 1. The summed E-state index contributed by atoms with van der Waals surface area (Å²) < 4.78 is 0. The van der Waals surface area contributed by atoms with Gasteiger partial charge in [-0.15, -0.1) is 0 Å². The van der Waals surface area contributed by atoms with Gasteiger partial charge in [-0.25, -0.2) is 0 Å². The first-order chi connectivity index (χ1) is 9.20. The molecule has 0 saturated heterocycles. The molecule has 1 aliphatic carbocycles. The lowest BCUT2D eigenvalue weighted by Gasteiger charge is -2.31. The minimum Gasteiger partial charge on any atom is -0.369 e. The van der Waals surface area contributed by atoms with Crippen LogP contribution in [0.15, 0.2) is 30.3 Å². The van der Waals surface area contributed by atoms with Crippen molar-refractivity contribution in [1.29, 1.82) is 0 Å². The number of primary amides is 1. The normalized spacial score (nSPS) is 24.9. The van der Waals surface area contributed by atoms with E-state index in [2.05, 4.69) is 36.5 Å². The lowest BCUT2D eigenvalue weighted by Crippen LogP contribution is -2.38. The fourth-order valence-electron chi connectivity index (χ4n) is 2.96. The van der Waals surface area contributed by atoms with Gasteiger partial charge in [0.05, 0.1) is 0 Å². The summed E-state index contributed by atoms with van der Waals surface area (Å²) in [7, 11) is 0. The van der Waals surface area contributed by atoms with E-state index in [-0.39, 0.29) is 11.8 Å². The highest BCUT2D eigenvalue weighted by Gasteiger charge is 2.25. The zero-order valence-electron chi connectivity index (χ0n) is 11.6. The molecule has 0 heterocycles. The molecule has 1 unspecified atom stereocenters. The smallest absolute Gasteiger partial charge is 0.220 e. The van der Waals surface area contributed by atoms with Crippen molar-refractivity contribution in [1.82, 2.24) is 5.32 Å². The number of hydrogen-bond acceptors (Lipinski definition) is 2. The Morgan fingerprint density at radius 1 is 1.26 bits per heavy atom. The van der Waals surface area contributed by atoms with Crippen molar-refractivity contribution in [3.63, 3.8) is 0 Å². The minimum atomic E-state index is -0.131. The van der Waals surface area contributed by atoms with E-state index in [0.717, 1.165) is 32.1 Å². The molecule has 1 aromatic carbocycles. The van der Waals surface area contributed by atoms with Crippen LogP contribution in [0, 0.1) is 5.92 Å². The van der Waals surface area contributed by atoms with Gasteiger partial charge in [0.1, 0.15) is 0 Å². The maximum absolute atomic E-state index is 11.2. The molecule has 3 nitrogen and oxygen atoms in total. The average molecular weight is 260 g/mol. The van der Waals surface area contributed by atoms with Gasteiger partial charge in [-0.3, -0.25) is 4.79 Å². The van der Waals surface area contributed by atoms with Crippen molar-refractivity contribution in [2.45, 2.75) is 51.1 Å². The summed E-state index contributed by atoms with van der Waals surface area (Å²) in [6, 6.07) is 11.5. The zero-order chi connectivity index (χ0) is 13.7. The van der Waals surface area contributed by atoms with Crippen LogP contribution in [0.1, 0.15) is 50.6 Å². The SMILES string of the molecule is CCC(NC1CCC(C(N)=O)CC1)c1ccccc1. The van der Waals surface area contributed by atoms with Crippen LogP contribution in [-0.4, -0.2) is 11.9 Å². The number of benzene rings is 1. The summed E-state index contributed by atoms with van der Waals surface area (Å²) in [5.41, 5.74) is 6.72. The van der Waals surface area contributed by atoms with E-state index < -0.39 is 0 Å². The van der Waals surface area contributed by atoms with E-state index >= 15 is 0 Å². The summed E-state index contributed by atoms with van der Waals surface area (Å²) in [4.78, 5) is 11.2. The van der Waals surface area contributed by atoms with Crippen molar-refractivity contribution in [2.24, 2.45) is 11.7 Å². The Balaban J connectivity index is 1.89. The van der Waals surface area contributed by atoms with E-state index in [1.807, 2.05) is 6.07 Å². The molecule has 1 amide bonds. The Kier molecular flexibility index (Phi) is 4.97. The fraction of sp³-hybridized carbons (Fsp3) is 0.562. The lowest BCUT2D eigenvalue weighted by molar-refractivity contribution is -0.122. The summed E-state index contributed by atoms with van der Waals surface area (Å²) in [6.45, 7) is 2.21. The molecular formula is C16H24N2O. The predicted molar refractivity (Wildman–Crippen MR) is 77.6 cm³/mol. The number of carbonyl (C=O) groups is 1. The maximum Gasteiger partial charge on any atom is 0.220 e. The molecule has 3 N–H and O–H groups in total. The van der Waals surface area contributed by atoms with Crippen LogP contribution in [0.4, 0.5) is 0 Å². The summed E-state index contributed by atoms with van der Waals surface area (Å²) >= 11 is 0. The van der Waals surface area contributed by atoms with Gasteiger partial charge in [0.25, 0.3) is 0 Å². The van der Waals surface area contributed by atoms with E-state index in [9.17, 15) is 4.79 Å². The standard InChI is InChI=1S/C16H24N2O/c1-2-15(12-6-4-3-5-7-12)18-14-10-8-13(9-11-14)16(17)19/h3-7,13-15,18H,2,8-11H2,1H3,(H2,17,19). The third-order valence-electron chi connectivity index (χ3n) is 4.18. The molecule has 0 radical (unpaired) electrons. The van der Waals surface area contributed by atoms with E-state index in [1.165, 1.54) is 5.56 Å². The number of nitrogens with two attached hydrogens (primary N) is 1. The number of nitrogens with one attached hydrogen (secondary N) is 1. The molecule has 2 rings (SSSR count). The summed E-state index contributed by atoms with van der Waals surface area (Å²) in [5.74, 6) is -0.0385. The van der Waals surface area contributed by atoms with Crippen molar-refractivity contribution < 1.29 is 4.79 Å². The second-order valence-corrected chi connectivity index (χ2v) is 5.49. The van der Waals surface area contributed by atoms with Crippen LogP contribution in [0.3, 0.4) is 0 Å². The molecule has 1 atom stereocenters. The van der Waals surface area contributed by atoms with Gasteiger partial charge in [0, 0.05) is 18.0 Å². The van der Waals surface area contributed by atoms with Crippen LogP contribution in [0.2, 0.25) is 0 Å².